The van der Waals surface area contributed by atoms with E-state index < -0.39 is 0 Å². The molecule has 3 aromatic heterocycles. The smallest absolute Gasteiger partial charge is 0.223 e. The maximum Gasteiger partial charge on any atom is 0.223 e. The highest BCUT2D eigenvalue weighted by atomic mass is 32.1. The Hall–Kier alpha value is -1.76. The summed E-state index contributed by atoms with van der Waals surface area (Å²) < 4.78 is 0. The maximum absolute atomic E-state index is 4.66. The van der Waals surface area contributed by atoms with Crippen molar-refractivity contribution < 1.29 is 0 Å². The Bertz CT molecular complexity index is 653. The van der Waals surface area contributed by atoms with E-state index >= 15 is 0 Å². The van der Waals surface area contributed by atoms with Crippen molar-refractivity contribution in [3.8, 4) is 21.1 Å². The molecule has 3 rings (SSSR count). The van der Waals surface area contributed by atoms with E-state index in [9.17, 15) is 0 Å². The van der Waals surface area contributed by atoms with Gasteiger partial charge in [-0.2, -0.15) is 0 Å². The molecule has 0 spiro atoms. The first kappa shape index (κ1) is 15.1. The summed E-state index contributed by atoms with van der Waals surface area (Å²) in [7, 11) is 4.11. The van der Waals surface area contributed by atoms with Crippen molar-refractivity contribution >= 4 is 28.6 Å². The minimum absolute atomic E-state index is 0.691. The van der Waals surface area contributed by atoms with Crippen LogP contribution in [-0.4, -0.2) is 42.1 Å². The molecule has 0 atom stereocenters. The Labute approximate surface area is 138 Å². The number of hydrogen-bond acceptors (Lipinski definition) is 6. The summed E-state index contributed by atoms with van der Waals surface area (Å²) in [5.41, 5.74) is 1.95. The third-order valence-electron chi connectivity index (χ3n) is 3.12. The molecule has 0 aliphatic heterocycles. The quantitative estimate of drug-likeness (QED) is 0.744. The van der Waals surface area contributed by atoms with E-state index in [1.165, 1.54) is 0 Å². The SMILES string of the molecule is CN(C)CCNc1nc(-c2cccs2)cc(-c2cccs2)n1. The zero-order chi connectivity index (χ0) is 15.4. The fourth-order valence-electron chi connectivity index (χ4n) is 2.02. The van der Waals surface area contributed by atoms with Gasteiger partial charge in [0.15, 0.2) is 0 Å². The average molecular weight is 330 g/mol. The molecule has 1 N–H and O–H groups in total. The molecule has 0 aromatic carbocycles. The standard InChI is InChI=1S/C16H18N4S2/c1-20(2)8-7-17-16-18-12(14-5-3-9-21-14)11-13(19-16)15-6-4-10-22-15/h3-6,9-11H,7-8H2,1-2H3,(H,17,18,19). The van der Waals surface area contributed by atoms with Crippen LogP contribution in [0.2, 0.25) is 0 Å². The molecule has 0 bridgehead atoms. The molecular weight excluding hydrogens is 312 g/mol. The second-order valence-corrected chi connectivity index (χ2v) is 7.04. The minimum atomic E-state index is 0.691. The Balaban J connectivity index is 1.91. The van der Waals surface area contributed by atoms with Crippen LogP contribution in [-0.2, 0) is 0 Å². The van der Waals surface area contributed by atoms with Crippen LogP contribution in [0.3, 0.4) is 0 Å². The van der Waals surface area contributed by atoms with Crippen LogP contribution in [0.4, 0.5) is 5.95 Å². The number of aromatic nitrogens is 2. The number of nitrogens with one attached hydrogen (secondary N) is 1. The van der Waals surface area contributed by atoms with Crippen LogP contribution < -0.4 is 5.32 Å². The van der Waals surface area contributed by atoms with Gasteiger partial charge in [0.25, 0.3) is 0 Å². The highest BCUT2D eigenvalue weighted by Crippen LogP contribution is 2.29. The van der Waals surface area contributed by atoms with Gasteiger partial charge in [-0.3, -0.25) is 0 Å². The number of hydrogen-bond donors (Lipinski definition) is 1. The number of rotatable bonds is 6. The van der Waals surface area contributed by atoms with Gasteiger partial charge in [0.05, 0.1) is 21.1 Å². The van der Waals surface area contributed by atoms with Gasteiger partial charge in [0, 0.05) is 13.1 Å². The summed E-state index contributed by atoms with van der Waals surface area (Å²) in [6, 6.07) is 10.3. The lowest BCUT2D eigenvalue weighted by atomic mass is 10.2. The molecule has 0 amide bonds. The molecule has 0 aliphatic rings. The lowest BCUT2D eigenvalue weighted by molar-refractivity contribution is 0.425. The average Bonchev–Trinajstić information content (AvgIpc) is 3.20. The zero-order valence-corrected chi connectivity index (χ0v) is 14.2. The molecule has 0 fully saturated rings. The molecule has 114 valence electrons. The van der Waals surface area contributed by atoms with Gasteiger partial charge < -0.3 is 10.2 Å². The largest absolute Gasteiger partial charge is 0.353 e. The fraction of sp³-hybridized carbons (Fsp3) is 0.250. The molecule has 0 saturated heterocycles. The van der Waals surface area contributed by atoms with Gasteiger partial charge in [0.1, 0.15) is 0 Å². The van der Waals surface area contributed by atoms with E-state index in [1.807, 2.05) is 12.1 Å². The molecule has 6 heteroatoms. The first-order chi connectivity index (χ1) is 10.7. The van der Waals surface area contributed by atoms with Crippen molar-refractivity contribution in [2.24, 2.45) is 0 Å². The Morgan fingerprint density at radius 3 is 2.05 bits per heavy atom. The Morgan fingerprint density at radius 2 is 1.59 bits per heavy atom. The van der Waals surface area contributed by atoms with Gasteiger partial charge >= 0.3 is 0 Å². The van der Waals surface area contributed by atoms with Crippen molar-refractivity contribution in [2.75, 3.05) is 32.5 Å². The van der Waals surface area contributed by atoms with Crippen LogP contribution >= 0.6 is 22.7 Å². The molecule has 22 heavy (non-hydrogen) atoms. The van der Waals surface area contributed by atoms with E-state index in [4.69, 9.17) is 0 Å². The lowest BCUT2D eigenvalue weighted by Crippen LogP contribution is -2.21. The normalized spacial score (nSPS) is 11.0. The van der Waals surface area contributed by atoms with Crippen LogP contribution in [0.15, 0.2) is 41.1 Å². The fourth-order valence-corrected chi connectivity index (χ4v) is 3.39. The molecule has 0 saturated carbocycles. The van der Waals surface area contributed by atoms with Crippen molar-refractivity contribution in [3.05, 3.63) is 41.1 Å². The maximum atomic E-state index is 4.66. The second-order valence-electron chi connectivity index (χ2n) is 5.15. The van der Waals surface area contributed by atoms with E-state index in [0.717, 1.165) is 34.2 Å². The number of anilines is 1. The van der Waals surface area contributed by atoms with E-state index in [1.54, 1.807) is 22.7 Å². The molecule has 0 radical (unpaired) electrons. The number of nitrogens with zero attached hydrogens (tertiary/aromatic N) is 3. The van der Waals surface area contributed by atoms with Crippen molar-refractivity contribution in [1.82, 2.24) is 14.9 Å². The molecule has 3 heterocycles. The summed E-state index contributed by atoms with van der Waals surface area (Å²) in [4.78, 5) is 13.8. The highest BCUT2D eigenvalue weighted by molar-refractivity contribution is 7.14. The third-order valence-corrected chi connectivity index (χ3v) is 4.90. The zero-order valence-electron chi connectivity index (χ0n) is 12.6. The summed E-state index contributed by atoms with van der Waals surface area (Å²) >= 11 is 3.39. The van der Waals surface area contributed by atoms with E-state index in [2.05, 4.69) is 63.2 Å². The second kappa shape index (κ2) is 7.00. The van der Waals surface area contributed by atoms with Crippen LogP contribution in [0.1, 0.15) is 0 Å². The molecular formula is C16H18N4S2. The summed E-state index contributed by atoms with van der Waals surface area (Å²) in [5, 5.41) is 7.47. The molecule has 0 aliphatic carbocycles. The monoisotopic (exact) mass is 330 g/mol. The highest BCUT2D eigenvalue weighted by Gasteiger charge is 2.09. The van der Waals surface area contributed by atoms with E-state index in [0.29, 0.717) is 5.95 Å². The van der Waals surface area contributed by atoms with Crippen molar-refractivity contribution in [2.45, 2.75) is 0 Å². The van der Waals surface area contributed by atoms with Gasteiger partial charge in [0.2, 0.25) is 5.95 Å². The van der Waals surface area contributed by atoms with Crippen molar-refractivity contribution in [3.63, 3.8) is 0 Å². The van der Waals surface area contributed by atoms with Gasteiger partial charge in [-0.05, 0) is 43.1 Å². The predicted molar refractivity (Wildman–Crippen MR) is 95.7 cm³/mol. The van der Waals surface area contributed by atoms with E-state index in [-0.39, 0.29) is 0 Å². The Morgan fingerprint density at radius 1 is 1.00 bits per heavy atom. The number of thiophene rings is 2. The summed E-state index contributed by atoms with van der Waals surface area (Å²) in [6.07, 6.45) is 0. The topological polar surface area (TPSA) is 41.0 Å². The van der Waals surface area contributed by atoms with Gasteiger partial charge in [-0.25, -0.2) is 9.97 Å². The lowest BCUT2D eigenvalue weighted by Gasteiger charge is -2.11. The van der Waals surface area contributed by atoms with Gasteiger partial charge in [-0.15, -0.1) is 22.7 Å². The van der Waals surface area contributed by atoms with Crippen molar-refractivity contribution in [1.29, 1.82) is 0 Å². The third kappa shape index (κ3) is 3.71. The molecule has 0 unspecified atom stereocenters. The molecule has 4 nitrogen and oxygen atoms in total. The Kier molecular flexibility index (Phi) is 4.82. The predicted octanol–water partition coefficient (Wildman–Crippen LogP) is 3.91. The van der Waals surface area contributed by atoms with Gasteiger partial charge in [-0.1, -0.05) is 12.1 Å². The van der Waals surface area contributed by atoms with Crippen LogP contribution in [0.5, 0.6) is 0 Å². The minimum Gasteiger partial charge on any atom is -0.353 e. The summed E-state index contributed by atoms with van der Waals surface area (Å²) in [5.74, 6) is 0.691. The first-order valence-corrected chi connectivity index (χ1v) is 8.84. The molecule has 3 aromatic rings. The van der Waals surface area contributed by atoms with Crippen LogP contribution in [0.25, 0.3) is 21.1 Å². The first-order valence-electron chi connectivity index (χ1n) is 7.08. The summed E-state index contributed by atoms with van der Waals surface area (Å²) in [6.45, 7) is 1.77. The van der Waals surface area contributed by atoms with Crippen LogP contribution in [0, 0.1) is 0 Å². The number of likely N-dealkylation sites (N-methyl/N-ethyl adjacent to an activating group) is 1.